The van der Waals surface area contributed by atoms with Gasteiger partial charge in [0, 0.05) is 25.4 Å². The maximum absolute atomic E-state index is 4.92. The first kappa shape index (κ1) is 14.3. The maximum atomic E-state index is 4.92. The van der Waals surface area contributed by atoms with Crippen molar-refractivity contribution in [2.24, 2.45) is 0 Å². The van der Waals surface area contributed by atoms with Crippen molar-refractivity contribution in [3.63, 3.8) is 0 Å². The summed E-state index contributed by atoms with van der Waals surface area (Å²) in [6.07, 6.45) is 12.2. The summed E-state index contributed by atoms with van der Waals surface area (Å²) in [5.74, 6) is 0. The highest BCUT2D eigenvalue weighted by Crippen LogP contribution is 2.22. The van der Waals surface area contributed by atoms with Crippen LogP contribution in [0.5, 0.6) is 0 Å². The topological polar surface area (TPSA) is 16.1 Å². The molecule has 0 bridgehead atoms. The van der Waals surface area contributed by atoms with E-state index in [2.05, 4.69) is 57.1 Å². The van der Waals surface area contributed by atoms with Crippen molar-refractivity contribution >= 4 is 28.1 Å². The second kappa shape index (κ2) is 5.64. The number of hydrogen-bond donors (Lipinski definition) is 0. The molecule has 0 unspecified atom stereocenters. The Hall–Kier alpha value is -1.61. The Bertz CT molecular complexity index is 733. The fourth-order valence-electron chi connectivity index (χ4n) is 2.74. The summed E-state index contributed by atoms with van der Waals surface area (Å²) >= 11 is 1.85. The molecule has 3 heteroatoms. The number of rotatable bonds is 2. The van der Waals surface area contributed by atoms with E-state index in [0.29, 0.717) is 0 Å². The second-order valence-corrected chi connectivity index (χ2v) is 7.01. The van der Waals surface area contributed by atoms with E-state index in [0.717, 1.165) is 17.8 Å². The van der Waals surface area contributed by atoms with Crippen LogP contribution in [0.2, 0.25) is 0 Å². The zero-order valence-corrected chi connectivity index (χ0v) is 14.0. The predicted octanol–water partition coefficient (Wildman–Crippen LogP) is 3.07. The Kier molecular flexibility index (Phi) is 3.85. The Morgan fingerprint density at radius 1 is 1.05 bits per heavy atom. The molecule has 0 saturated heterocycles. The van der Waals surface area contributed by atoms with Crippen molar-refractivity contribution in [2.45, 2.75) is 33.1 Å². The van der Waals surface area contributed by atoms with Crippen LogP contribution in [0, 0.1) is 0 Å². The van der Waals surface area contributed by atoms with Crippen molar-refractivity contribution in [1.29, 1.82) is 0 Å². The summed E-state index contributed by atoms with van der Waals surface area (Å²) in [7, 11) is 4.17. The third-order valence-electron chi connectivity index (χ3n) is 4.16. The molecule has 1 aromatic rings. The zero-order valence-electron chi connectivity index (χ0n) is 13.2. The molecule has 21 heavy (non-hydrogen) atoms. The molecule has 2 aliphatic carbocycles. The largest absolute Gasteiger partial charge is 0.378 e. The first-order valence-electron chi connectivity index (χ1n) is 7.49. The van der Waals surface area contributed by atoms with Crippen LogP contribution in [0.15, 0.2) is 30.0 Å². The van der Waals surface area contributed by atoms with Gasteiger partial charge in [-0.1, -0.05) is 23.8 Å². The van der Waals surface area contributed by atoms with E-state index in [-0.39, 0.29) is 0 Å². The Balaban J connectivity index is 2.03. The number of likely N-dealkylation sites (N-methyl/N-ethyl adjacent to an activating group) is 1. The van der Waals surface area contributed by atoms with Gasteiger partial charge in [0.15, 0.2) is 0 Å². The molecular weight excluding hydrogens is 276 g/mol. The van der Waals surface area contributed by atoms with Crippen molar-refractivity contribution in [2.75, 3.05) is 14.1 Å². The highest BCUT2D eigenvalue weighted by atomic mass is 32.1. The van der Waals surface area contributed by atoms with Gasteiger partial charge in [0.1, 0.15) is 5.01 Å². The first-order chi connectivity index (χ1) is 10.1. The van der Waals surface area contributed by atoms with Crippen LogP contribution in [0.4, 0.5) is 0 Å². The monoisotopic (exact) mass is 298 g/mol. The van der Waals surface area contributed by atoms with E-state index in [1.165, 1.54) is 38.7 Å². The van der Waals surface area contributed by atoms with Crippen LogP contribution >= 0.6 is 11.3 Å². The second-order valence-electron chi connectivity index (χ2n) is 6.01. The molecule has 0 aliphatic heterocycles. The van der Waals surface area contributed by atoms with Crippen LogP contribution in [0.1, 0.15) is 38.1 Å². The molecule has 0 saturated carbocycles. The summed E-state index contributed by atoms with van der Waals surface area (Å²) in [6, 6.07) is 0. The van der Waals surface area contributed by atoms with Gasteiger partial charge in [0.2, 0.25) is 0 Å². The van der Waals surface area contributed by atoms with Crippen LogP contribution in [0.3, 0.4) is 0 Å². The number of hydrogen-bond acceptors (Lipinski definition) is 3. The molecular formula is C18H22N2S. The SMILES string of the molecule is CC1=c2nc(C3=CCC=C(N(C)C)C=C3)sc2=C(C)CC1. The van der Waals surface area contributed by atoms with Gasteiger partial charge < -0.3 is 4.90 Å². The third kappa shape index (κ3) is 2.75. The normalized spacial score (nSPS) is 18.1. The maximum Gasteiger partial charge on any atom is 0.124 e. The number of nitrogens with zero attached hydrogens (tertiary/aromatic N) is 2. The molecule has 0 N–H and O–H groups in total. The highest BCUT2D eigenvalue weighted by Gasteiger charge is 2.12. The lowest BCUT2D eigenvalue weighted by Gasteiger charge is -2.12. The van der Waals surface area contributed by atoms with Crippen molar-refractivity contribution in [1.82, 2.24) is 9.88 Å². The lowest BCUT2D eigenvalue weighted by molar-refractivity contribution is 0.528. The summed E-state index contributed by atoms with van der Waals surface area (Å²) in [5.41, 5.74) is 5.43. The average molecular weight is 298 g/mol. The van der Waals surface area contributed by atoms with Crippen LogP contribution < -0.4 is 9.88 Å². The molecule has 0 aromatic carbocycles. The molecule has 110 valence electrons. The Labute approximate surface area is 130 Å². The van der Waals surface area contributed by atoms with E-state index in [9.17, 15) is 0 Å². The fraction of sp³-hybridized carbons (Fsp3) is 0.389. The number of fused-ring (bicyclic) bond motifs is 1. The molecule has 0 fully saturated rings. The molecule has 0 radical (unpaired) electrons. The van der Waals surface area contributed by atoms with Crippen LogP contribution in [0.25, 0.3) is 16.7 Å². The van der Waals surface area contributed by atoms with E-state index in [1.54, 1.807) is 0 Å². The average Bonchev–Trinajstić information content (AvgIpc) is 2.75. The van der Waals surface area contributed by atoms with Crippen LogP contribution in [-0.4, -0.2) is 24.0 Å². The molecule has 0 amide bonds. The molecule has 1 aromatic heterocycles. The van der Waals surface area contributed by atoms with E-state index in [4.69, 9.17) is 4.98 Å². The quantitative estimate of drug-likeness (QED) is 0.834. The molecule has 0 atom stereocenters. The molecule has 2 aliphatic rings. The van der Waals surface area contributed by atoms with Gasteiger partial charge in [0.05, 0.1) is 9.88 Å². The molecule has 2 nitrogen and oxygen atoms in total. The number of aromatic nitrogens is 1. The van der Waals surface area contributed by atoms with Gasteiger partial charge in [-0.2, -0.15) is 0 Å². The summed E-state index contributed by atoms with van der Waals surface area (Å²) in [5, 5.41) is 2.39. The van der Waals surface area contributed by atoms with Gasteiger partial charge >= 0.3 is 0 Å². The fourth-order valence-corrected chi connectivity index (χ4v) is 3.93. The lowest BCUT2D eigenvalue weighted by Crippen LogP contribution is -2.28. The Morgan fingerprint density at radius 3 is 2.52 bits per heavy atom. The van der Waals surface area contributed by atoms with E-state index in [1.807, 2.05) is 11.3 Å². The van der Waals surface area contributed by atoms with Gasteiger partial charge in [-0.15, -0.1) is 11.3 Å². The van der Waals surface area contributed by atoms with Gasteiger partial charge in [-0.3, -0.25) is 0 Å². The summed E-state index contributed by atoms with van der Waals surface area (Å²) in [4.78, 5) is 7.07. The van der Waals surface area contributed by atoms with E-state index < -0.39 is 0 Å². The van der Waals surface area contributed by atoms with Crippen LogP contribution in [-0.2, 0) is 0 Å². The van der Waals surface area contributed by atoms with Gasteiger partial charge in [-0.25, -0.2) is 4.98 Å². The standard InChI is InChI=1S/C18H22N2S/c1-12-8-9-13(2)17-16(12)19-18(21-17)14-6-5-7-15(11-10-14)20(3)4/h6-7,10-11H,5,8-9H2,1-4H3. The van der Waals surface area contributed by atoms with Gasteiger partial charge in [-0.05, 0) is 44.8 Å². The van der Waals surface area contributed by atoms with Gasteiger partial charge in [0.25, 0.3) is 0 Å². The molecule has 1 heterocycles. The third-order valence-corrected chi connectivity index (χ3v) is 5.42. The molecule has 0 spiro atoms. The number of allylic oxidation sites excluding steroid dienone is 5. The minimum absolute atomic E-state index is 0.964. The zero-order chi connectivity index (χ0) is 15.0. The lowest BCUT2D eigenvalue weighted by atomic mass is 10.0. The van der Waals surface area contributed by atoms with E-state index >= 15 is 0 Å². The van der Waals surface area contributed by atoms with Crippen molar-refractivity contribution in [3.05, 3.63) is 44.9 Å². The number of thiazole rings is 1. The first-order valence-corrected chi connectivity index (χ1v) is 8.30. The van der Waals surface area contributed by atoms with Crippen molar-refractivity contribution < 1.29 is 0 Å². The smallest absolute Gasteiger partial charge is 0.124 e. The summed E-state index contributed by atoms with van der Waals surface area (Å²) < 4.78 is 1.40. The minimum atomic E-state index is 0.964. The summed E-state index contributed by atoms with van der Waals surface area (Å²) in [6.45, 7) is 4.47. The molecule has 3 rings (SSSR count). The highest BCUT2D eigenvalue weighted by molar-refractivity contribution is 7.10. The minimum Gasteiger partial charge on any atom is -0.378 e. The predicted molar refractivity (Wildman–Crippen MR) is 92.3 cm³/mol. The van der Waals surface area contributed by atoms with Crippen molar-refractivity contribution in [3.8, 4) is 0 Å². The Morgan fingerprint density at radius 2 is 1.81 bits per heavy atom.